The Hall–Kier alpha value is -2.99. The van der Waals surface area contributed by atoms with Crippen molar-refractivity contribution in [1.82, 2.24) is 15.2 Å². The van der Waals surface area contributed by atoms with E-state index in [1.54, 1.807) is 26.4 Å². The molecule has 0 bridgehead atoms. The molecule has 0 aliphatic carbocycles. The van der Waals surface area contributed by atoms with E-state index < -0.39 is 0 Å². The number of benzene rings is 2. The molecule has 6 nitrogen and oxygen atoms in total. The molecule has 0 atom stereocenters. The molecule has 2 aromatic heterocycles. The van der Waals surface area contributed by atoms with Gasteiger partial charge in [0.2, 0.25) is 0 Å². The molecule has 134 valence electrons. The van der Waals surface area contributed by atoms with Crippen molar-refractivity contribution in [2.75, 3.05) is 14.2 Å². The lowest BCUT2D eigenvalue weighted by atomic mass is 10.0. The Bertz CT molecular complexity index is 1130. The summed E-state index contributed by atoms with van der Waals surface area (Å²) in [7, 11) is 3.12. The minimum Gasteiger partial charge on any atom is -0.493 e. The van der Waals surface area contributed by atoms with Crippen LogP contribution in [-0.4, -0.2) is 29.4 Å². The van der Waals surface area contributed by atoms with Gasteiger partial charge in [-0.05, 0) is 41.3 Å². The Kier molecular flexibility index (Phi) is 4.86. The van der Waals surface area contributed by atoms with E-state index in [0.717, 1.165) is 27.5 Å². The standard InChI is InChI=1S/C19H17N3O3.ClH/c1-24-17-9-13-14(10-18(17)25-2)19(23)22-21-16(13)8-11-3-4-15-12(7-11)5-6-20-15;/h3-7,9-10,20H,8H2,1-2H3,(H,22,23);1H. The average Bonchev–Trinajstić information content (AvgIpc) is 3.11. The number of rotatable bonds is 4. The zero-order valence-corrected chi connectivity index (χ0v) is 15.1. The molecule has 0 amide bonds. The zero-order chi connectivity index (χ0) is 17.4. The van der Waals surface area contributed by atoms with E-state index in [2.05, 4.69) is 27.3 Å². The Balaban J connectivity index is 0.00000196. The molecule has 26 heavy (non-hydrogen) atoms. The quantitative estimate of drug-likeness (QED) is 0.576. The molecule has 0 radical (unpaired) electrons. The third-order valence-electron chi connectivity index (χ3n) is 4.36. The second-order valence-electron chi connectivity index (χ2n) is 5.83. The number of fused-ring (bicyclic) bond motifs is 2. The highest BCUT2D eigenvalue weighted by Gasteiger charge is 2.13. The Morgan fingerprint density at radius 1 is 1.00 bits per heavy atom. The van der Waals surface area contributed by atoms with Gasteiger partial charge in [-0.2, -0.15) is 5.10 Å². The number of hydrogen-bond acceptors (Lipinski definition) is 4. The largest absolute Gasteiger partial charge is 0.493 e. The SMILES string of the molecule is COc1cc2c(Cc3ccc4[nH]ccc4c3)n[nH]c(=O)c2cc1OC.Cl. The summed E-state index contributed by atoms with van der Waals surface area (Å²) in [4.78, 5) is 15.4. The van der Waals surface area contributed by atoms with Crippen LogP contribution in [0, 0.1) is 0 Å². The fourth-order valence-electron chi connectivity index (χ4n) is 3.09. The second kappa shape index (κ2) is 7.09. The van der Waals surface area contributed by atoms with Crippen molar-refractivity contribution < 1.29 is 9.47 Å². The zero-order valence-electron chi connectivity index (χ0n) is 14.3. The van der Waals surface area contributed by atoms with E-state index in [-0.39, 0.29) is 18.0 Å². The van der Waals surface area contributed by atoms with E-state index >= 15 is 0 Å². The molecule has 0 saturated heterocycles. The predicted octanol–water partition coefficient (Wildman–Crippen LogP) is 3.43. The van der Waals surface area contributed by atoms with Gasteiger partial charge in [-0.3, -0.25) is 4.79 Å². The number of hydrogen-bond donors (Lipinski definition) is 2. The summed E-state index contributed by atoms with van der Waals surface area (Å²) in [6, 6.07) is 11.7. The van der Waals surface area contributed by atoms with E-state index in [1.807, 2.05) is 18.3 Å². The van der Waals surface area contributed by atoms with Crippen LogP contribution in [-0.2, 0) is 6.42 Å². The summed E-state index contributed by atoms with van der Waals surface area (Å²) >= 11 is 0. The van der Waals surface area contributed by atoms with Gasteiger partial charge in [0.05, 0.1) is 25.3 Å². The van der Waals surface area contributed by atoms with Crippen molar-refractivity contribution in [3.8, 4) is 11.5 Å². The smallest absolute Gasteiger partial charge is 0.272 e. The highest BCUT2D eigenvalue weighted by atomic mass is 35.5. The van der Waals surface area contributed by atoms with Crippen LogP contribution in [0.2, 0.25) is 0 Å². The maximum atomic E-state index is 12.2. The highest BCUT2D eigenvalue weighted by Crippen LogP contribution is 2.32. The van der Waals surface area contributed by atoms with Gasteiger partial charge in [-0.1, -0.05) is 6.07 Å². The fourth-order valence-corrected chi connectivity index (χ4v) is 3.09. The third-order valence-corrected chi connectivity index (χ3v) is 4.36. The molecule has 2 heterocycles. The van der Waals surface area contributed by atoms with E-state index in [9.17, 15) is 4.79 Å². The Labute approximate surface area is 155 Å². The van der Waals surface area contributed by atoms with Crippen molar-refractivity contribution in [2.24, 2.45) is 0 Å². The molecule has 0 saturated carbocycles. The van der Waals surface area contributed by atoms with Crippen LogP contribution < -0.4 is 15.0 Å². The lowest BCUT2D eigenvalue weighted by molar-refractivity contribution is 0.356. The first-order valence-electron chi connectivity index (χ1n) is 7.89. The number of aromatic nitrogens is 3. The lowest BCUT2D eigenvalue weighted by Crippen LogP contribution is -2.12. The molecule has 7 heteroatoms. The molecular formula is C19H18ClN3O3. The van der Waals surface area contributed by atoms with Crippen molar-refractivity contribution in [1.29, 1.82) is 0 Å². The number of ether oxygens (including phenoxy) is 2. The number of aromatic amines is 2. The Morgan fingerprint density at radius 2 is 1.73 bits per heavy atom. The van der Waals surface area contributed by atoms with Crippen LogP contribution in [0.15, 0.2) is 47.4 Å². The maximum Gasteiger partial charge on any atom is 0.272 e. The second-order valence-corrected chi connectivity index (χ2v) is 5.83. The topological polar surface area (TPSA) is 80.0 Å². The minimum absolute atomic E-state index is 0. The van der Waals surface area contributed by atoms with Crippen molar-refractivity contribution in [2.45, 2.75) is 6.42 Å². The molecular weight excluding hydrogens is 354 g/mol. The highest BCUT2D eigenvalue weighted by molar-refractivity contribution is 5.87. The van der Waals surface area contributed by atoms with Crippen molar-refractivity contribution in [3.05, 3.63) is 64.2 Å². The maximum absolute atomic E-state index is 12.2. The number of H-pyrrole nitrogens is 2. The van der Waals surface area contributed by atoms with Crippen LogP contribution in [0.4, 0.5) is 0 Å². The van der Waals surface area contributed by atoms with Gasteiger partial charge in [-0.25, -0.2) is 5.10 Å². The van der Waals surface area contributed by atoms with Crippen molar-refractivity contribution in [3.63, 3.8) is 0 Å². The lowest BCUT2D eigenvalue weighted by Gasteiger charge is -2.11. The molecule has 4 aromatic rings. The predicted molar refractivity (Wildman–Crippen MR) is 104 cm³/mol. The summed E-state index contributed by atoms with van der Waals surface area (Å²) < 4.78 is 10.7. The van der Waals surface area contributed by atoms with Crippen LogP contribution in [0.5, 0.6) is 11.5 Å². The van der Waals surface area contributed by atoms with Crippen LogP contribution >= 0.6 is 12.4 Å². The summed E-state index contributed by atoms with van der Waals surface area (Å²) in [5.74, 6) is 1.09. The molecule has 4 rings (SSSR count). The minimum atomic E-state index is -0.249. The monoisotopic (exact) mass is 371 g/mol. The first kappa shape index (κ1) is 17.8. The van der Waals surface area contributed by atoms with E-state index in [1.165, 1.54) is 0 Å². The normalized spacial score (nSPS) is 10.7. The van der Waals surface area contributed by atoms with Crippen LogP contribution in [0.1, 0.15) is 11.3 Å². The van der Waals surface area contributed by atoms with Gasteiger partial charge < -0.3 is 14.5 Å². The number of halogens is 1. The van der Waals surface area contributed by atoms with Gasteiger partial charge in [0, 0.05) is 23.5 Å². The molecule has 0 fully saturated rings. The fraction of sp³-hybridized carbons (Fsp3) is 0.158. The molecule has 0 unspecified atom stereocenters. The van der Waals surface area contributed by atoms with E-state index in [0.29, 0.717) is 23.3 Å². The molecule has 0 aliphatic heterocycles. The number of nitrogens with one attached hydrogen (secondary N) is 2. The third kappa shape index (κ3) is 2.99. The Morgan fingerprint density at radius 3 is 2.46 bits per heavy atom. The van der Waals surface area contributed by atoms with Crippen LogP contribution in [0.25, 0.3) is 21.7 Å². The van der Waals surface area contributed by atoms with Gasteiger partial charge in [0.15, 0.2) is 11.5 Å². The molecule has 2 aromatic carbocycles. The van der Waals surface area contributed by atoms with Crippen molar-refractivity contribution >= 4 is 34.1 Å². The molecule has 0 aliphatic rings. The van der Waals surface area contributed by atoms with Gasteiger partial charge in [-0.15, -0.1) is 12.4 Å². The summed E-state index contributed by atoms with van der Waals surface area (Å²) in [6.45, 7) is 0. The van der Waals surface area contributed by atoms with E-state index in [4.69, 9.17) is 9.47 Å². The van der Waals surface area contributed by atoms with Crippen LogP contribution in [0.3, 0.4) is 0 Å². The number of methoxy groups -OCH3 is 2. The van der Waals surface area contributed by atoms with Gasteiger partial charge in [0.25, 0.3) is 5.56 Å². The average molecular weight is 372 g/mol. The summed E-state index contributed by atoms with van der Waals surface area (Å²) in [5.41, 5.74) is 2.74. The first-order valence-corrected chi connectivity index (χ1v) is 7.89. The molecule has 0 spiro atoms. The number of nitrogens with zero attached hydrogens (tertiary/aromatic N) is 1. The van der Waals surface area contributed by atoms with Gasteiger partial charge >= 0.3 is 0 Å². The first-order chi connectivity index (χ1) is 12.2. The van der Waals surface area contributed by atoms with Gasteiger partial charge in [0.1, 0.15) is 0 Å². The molecule has 2 N–H and O–H groups in total. The summed E-state index contributed by atoms with van der Waals surface area (Å²) in [6.07, 6.45) is 2.52. The summed E-state index contributed by atoms with van der Waals surface area (Å²) in [5, 5.41) is 9.27.